The molecule has 14 heteroatoms. The van der Waals surface area contributed by atoms with Crippen molar-refractivity contribution in [1.82, 2.24) is 15.1 Å². The Bertz CT molecular complexity index is 863. The van der Waals surface area contributed by atoms with Crippen LogP contribution in [0.1, 0.15) is 16.1 Å². The molecular formula is C15H20N5O8P. The van der Waals surface area contributed by atoms with Crippen molar-refractivity contribution in [3.63, 3.8) is 0 Å². The highest BCUT2D eigenvalue weighted by atomic mass is 31.2. The fourth-order valence-electron chi connectivity index (χ4n) is 2.43. The number of carbonyl (C=O) groups is 1. The predicted octanol–water partition coefficient (Wildman–Crippen LogP) is 0.136. The number of benzene rings is 1. The average molecular weight is 429 g/mol. The number of carbonyl (C=O) groups excluding carboxylic acids is 1. The van der Waals surface area contributed by atoms with Crippen LogP contribution >= 0.6 is 8.60 Å². The molecule has 0 unspecified atom stereocenters. The summed E-state index contributed by atoms with van der Waals surface area (Å²) in [6.07, 6.45) is 0. The van der Waals surface area contributed by atoms with E-state index in [-0.39, 0.29) is 42.6 Å². The predicted molar refractivity (Wildman–Crippen MR) is 101 cm³/mol. The van der Waals surface area contributed by atoms with E-state index in [4.69, 9.17) is 29.5 Å². The Labute approximate surface area is 166 Å². The summed E-state index contributed by atoms with van der Waals surface area (Å²) < 4.78 is 16.3. The number of nitrogens with one attached hydrogen (secondary N) is 1. The summed E-state index contributed by atoms with van der Waals surface area (Å²) in [5.41, 5.74) is 5.66. The Morgan fingerprint density at radius 1 is 1.31 bits per heavy atom. The first-order valence-corrected chi connectivity index (χ1v) is 9.28. The van der Waals surface area contributed by atoms with E-state index in [1.54, 1.807) is 0 Å². The Hall–Kier alpha value is -2.99. The largest absolute Gasteiger partial charge is 0.493 e. The van der Waals surface area contributed by atoms with Crippen LogP contribution in [0.2, 0.25) is 0 Å². The molecule has 0 aliphatic rings. The van der Waals surface area contributed by atoms with Gasteiger partial charge in [-0.2, -0.15) is 0 Å². The Kier molecular flexibility index (Phi) is 7.67. The van der Waals surface area contributed by atoms with Gasteiger partial charge in [-0.05, 0) is 17.1 Å². The van der Waals surface area contributed by atoms with E-state index < -0.39 is 25.3 Å². The van der Waals surface area contributed by atoms with Crippen molar-refractivity contribution in [2.75, 3.05) is 27.3 Å². The van der Waals surface area contributed by atoms with Crippen molar-refractivity contribution in [3.8, 4) is 17.2 Å². The van der Waals surface area contributed by atoms with Gasteiger partial charge in [-0.3, -0.25) is 4.79 Å². The van der Waals surface area contributed by atoms with Gasteiger partial charge in [0.05, 0.1) is 20.3 Å². The molecule has 0 aliphatic carbocycles. The number of hydrogen-bond donors (Lipinski definition) is 4. The Balaban J connectivity index is 2.41. The highest BCUT2D eigenvalue weighted by molar-refractivity contribution is 7.39. The third-order valence-electron chi connectivity index (χ3n) is 3.63. The fraction of sp³-hybridized carbons (Fsp3) is 0.333. The van der Waals surface area contributed by atoms with Crippen molar-refractivity contribution in [2.45, 2.75) is 6.54 Å². The van der Waals surface area contributed by atoms with Crippen LogP contribution in [0, 0.1) is 10.1 Å². The Morgan fingerprint density at radius 3 is 2.41 bits per heavy atom. The summed E-state index contributed by atoms with van der Waals surface area (Å²) >= 11 is 0. The monoisotopic (exact) mass is 429 g/mol. The molecule has 0 fully saturated rings. The summed E-state index contributed by atoms with van der Waals surface area (Å²) in [7, 11) is -0.0576. The molecule has 1 aromatic heterocycles. The summed E-state index contributed by atoms with van der Waals surface area (Å²) in [5.74, 6) is -0.783. The molecule has 2 rings (SSSR count). The minimum atomic E-state index is -2.72. The second-order valence-electron chi connectivity index (χ2n) is 5.52. The van der Waals surface area contributed by atoms with Crippen LogP contribution in [0.25, 0.3) is 0 Å². The maximum absolute atomic E-state index is 12.0. The molecule has 5 N–H and O–H groups in total. The smallest absolute Gasteiger partial charge is 0.391 e. The summed E-state index contributed by atoms with van der Waals surface area (Å²) in [6, 6.07) is 4.00. The van der Waals surface area contributed by atoms with Crippen LogP contribution in [0.4, 0.5) is 5.82 Å². The average Bonchev–Trinajstić information content (AvgIpc) is 3.10. The first-order chi connectivity index (χ1) is 13.8. The van der Waals surface area contributed by atoms with Gasteiger partial charge in [-0.15, -0.1) is 4.68 Å². The lowest BCUT2D eigenvalue weighted by atomic mass is 10.2. The van der Waals surface area contributed by atoms with Gasteiger partial charge in [0.15, 0.2) is 17.2 Å². The third kappa shape index (κ3) is 5.51. The van der Waals surface area contributed by atoms with Gasteiger partial charge in [0.25, 0.3) is 5.91 Å². The standard InChI is InChI=1S/C15H20N5O8P/c1-26-11-5-9(6-12(27-2)14(11)28-29(24)25)8-19-13(20(22)23)7-10(18-19)15(21)17-4-3-16/h5-7,24-25H,3-4,8,16H2,1-2H3,(H,17,21). The lowest BCUT2D eigenvalue weighted by Crippen LogP contribution is -2.29. The molecule has 0 saturated heterocycles. The molecule has 0 atom stereocenters. The number of hydrogen-bond acceptors (Lipinski definition) is 10. The SMILES string of the molecule is COc1cc(Cn2nc(C(=O)NCCN)cc2[N+](=O)[O-])cc(OC)c1OP(O)O. The van der Waals surface area contributed by atoms with Crippen molar-refractivity contribution in [3.05, 3.63) is 39.6 Å². The second kappa shape index (κ2) is 9.98. The van der Waals surface area contributed by atoms with E-state index in [2.05, 4.69) is 10.4 Å². The maximum atomic E-state index is 12.0. The van der Waals surface area contributed by atoms with Gasteiger partial charge in [0.2, 0.25) is 5.75 Å². The van der Waals surface area contributed by atoms with Crippen LogP contribution in [-0.4, -0.2) is 57.7 Å². The van der Waals surface area contributed by atoms with Crippen molar-refractivity contribution < 1.29 is 33.5 Å². The lowest BCUT2D eigenvalue weighted by molar-refractivity contribution is -0.392. The molecule has 1 amide bonds. The summed E-state index contributed by atoms with van der Waals surface area (Å²) in [4.78, 5) is 40.9. The van der Waals surface area contributed by atoms with Crippen molar-refractivity contribution in [1.29, 1.82) is 0 Å². The van der Waals surface area contributed by atoms with Gasteiger partial charge >= 0.3 is 14.4 Å². The quantitative estimate of drug-likeness (QED) is 0.230. The molecule has 1 heterocycles. The number of methoxy groups -OCH3 is 2. The van der Waals surface area contributed by atoms with Crippen LogP contribution in [0.3, 0.4) is 0 Å². The molecular weight excluding hydrogens is 409 g/mol. The van der Waals surface area contributed by atoms with Crippen LogP contribution in [-0.2, 0) is 6.54 Å². The molecule has 0 bridgehead atoms. The molecule has 2 aromatic rings. The van der Waals surface area contributed by atoms with E-state index >= 15 is 0 Å². The molecule has 0 spiro atoms. The van der Waals surface area contributed by atoms with E-state index in [1.165, 1.54) is 26.4 Å². The fourth-order valence-corrected chi connectivity index (χ4v) is 2.77. The number of ether oxygens (including phenoxy) is 2. The molecule has 0 aliphatic heterocycles. The molecule has 0 saturated carbocycles. The van der Waals surface area contributed by atoms with Crippen LogP contribution in [0.15, 0.2) is 18.2 Å². The molecule has 0 radical (unpaired) electrons. The molecule has 13 nitrogen and oxygen atoms in total. The lowest BCUT2D eigenvalue weighted by Gasteiger charge is -2.15. The van der Waals surface area contributed by atoms with Gasteiger partial charge in [-0.1, -0.05) is 5.10 Å². The van der Waals surface area contributed by atoms with Crippen molar-refractivity contribution >= 4 is 20.3 Å². The van der Waals surface area contributed by atoms with Gasteiger partial charge in [-0.25, -0.2) is 0 Å². The van der Waals surface area contributed by atoms with Crippen molar-refractivity contribution in [2.24, 2.45) is 5.73 Å². The zero-order valence-electron chi connectivity index (χ0n) is 15.6. The third-order valence-corrected chi connectivity index (χ3v) is 3.98. The number of nitro groups is 1. The van der Waals surface area contributed by atoms with E-state index in [9.17, 15) is 14.9 Å². The number of aromatic nitrogens is 2. The van der Waals surface area contributed by atoms with Gasteiger partial charge in [0.1, 0.15) is 6.54 Å². The highest BCUT2D eigenvalue weighted by Crippen LogP contribution is 2.44. The molecule has 1 aromatic carbocycles. The zero-order chi connectivity index (χ0) is 21.6. The summed E-state index contributed by atoms with van der Waals surface area (Å²) in [6.45, 7) is 0.320. The second-order valence-corrected chi connectivity index (χ2v) is 6.21. The Morgan fingerprint density at radius 2 is 1.93 bits per heavy atom. The highest BCUT2D eigenvalue weighted by Gasteiger charge is 2.24. The number of nitrogens with zero attached hydrogens (tertiary/aromatic N) is 3. The topological polar surface area (TPSA) is 184 Å². The van der Waals surface area contributed by atoms with Crippen LogP contribution < -0.4 is 25.0 Å². The summed E-state index contributed by atoms with van der Waals surface area (Å²) in [5, 5.41) is 17.8. The van der Waals surface area contributed by atoms with E-state index in [0.717, 1.165) is 10.7 Å². The van der Waals surface area contributed by atoms with Gasteiger partial charge < -0.3 is 44.9 Å². The molecule has 158 valence electrons. The van der Waals surface area contributed by atoms with E-state index in [0.29, 0.717) is 5.56 Å². The normalized spacial score (nSPS) is 10.7. The number of amides is 1. The first-order valence-electron chi connectivity index (χ1n) is 8.12. The zero-order valence-corrected chi connectivity index (χ0v) is 16.5. The minimum Gasteiger partial charge on any atom is -0.493 e. The van der Waals surface area contributed by atoms with E-state index in [1.807, 2.05) is 0 Å². The molecule has 29 heavy (non-hydrogen) atoms. The maximum Gasteiger partial charge on any atom is 0.391 e. The van der Waals surface area contributed by atoms with Gasteiger partial charge in [0, 0.05) is 18.7 Å². The number of rotatable bonds is 10. The minimum absolute atomic E-state index is 0.0355. The first kappa shape index (κ1) is 22.3. The van der Waals surface area contributed by atoms with Crippen LogP contribution in [0.5, 0.6) is 17.2 Å². The number of nitrogens with two attached hydrogens (primary N) is 1.